The van der Waals surface area contributed by atoms with Crippen LogP contribution in [0.25, 0.3) is 83.9 Å². The first-order valence-electron chi connectivity index (χ1n) is 23.4. The van der Waals surface area contributed by atoms with E-state index in [1.807, 2.05) is 103 Å². The Morgan fingerprint density at radius 2 is 1.22 bits per heavy atom. The first kappa shape index (κ1) is 41.4. The van der Waals surface area contributed by atoms with Crippen LogP contribution >= 0.6 is 0 Å². The number of hydrogen-bond acceptors (Lipinski definition) is 3. The zero-order valence-corrected chi connectivity index (χ0v) is 40.6. The number of benzene rings is 7. The van der Waals surface area contributed by atoms with Crippen molar-refractivity contribution in [2.45, 2.75) is 73.1 Å². The van der Waals surface area contributed by atoms with Gasteiger partial charge in [-0.1, -0.05) is 167 Å². The topological polar surface area (TPSA) is 39.9 Å². The van der Waals surface area contributed by atoms with E-state index < -0.39 is 6.85 Å². The molecule has 7 aromatic carbocycles. The zero-order valence-electron chi connectivity index (χ0n) is 41.3. The number of aromatic nitrogens is 3. The van der Waals surface area contributed by atoms with E-state index in [0.717, 1.165) is 72.4 Å². The van der Waals surface area contributed by atoms with Crippen LogP contribution in [0.3, 0.4) is 0 Å². The molecular formula is C60H55N3OPt. The summed E-state index contributed by atoms with van der Waals surface area (Å²) in [6.45, 7) is 14.8. The minimum absolute atomic E-state index is 0. The van der Waals surface area contributed by atoms with Gasteiger partial charge in [-0.3, -0.25) is 9.55 Å². The monoisotopic (exact) mass is 1030 g/mol. The van der Waals surface area contributed by atoms with Crippen LogP contribution in [0.4, 0.5) is 0 Å². The van der Waals surface area contributed by atoms with Crippen LogP contribution in [-0.2, 0) is 31.9 Å². The molecule has 0 spiro atoms. The molecule has 0 amide bonds. The molecule has 5 heteroatoms. The molecule has 0 atom stereocenters. The fraction of sp³-hybridized carbons (Fsp3) is 0.183. The van der Waals surface area contributed by atoms with E-state index in [1.54, 1.807) is 0 Å². The van der Waals surface area contributed by atoms with Crippen molar-refractivity contribution in [1.82, 2.24) is 14.5 Å². The molecule has 0 saturated carbocycles. The van der Waals surface area contributed by atoms with Crippen molar-refractivity contribution in [2.24, 2.45) is 0 Å². The van der Waals surface area contributed by atoms with E-state index in [4.69, 9.17) is 18.8 Å². The summed E-state index contributed by atoms with van der Waals surface area (Å²) in [6.07, 6.45) is 1.85. The summed E-state index contributed by atoms with van der Waals surface area (Å²) < 4.78 is 35.2. The third kappa shape index (κ3) is 9.02. The molecule has 0 radical (unpaired) electrons. The van der Waals surface area contributed by atoms with Crippen molar-refractivity contribution in [2.75, 3.05) is 0 Å². The number of nitrogens with zero attached hydrogens (tertiary/aromatic N) is 3. The second-order valence-corrected chi connectivity index (χ2v) is 18.9. The number of imidazole rings is 1. The van der Waals surface area contributed by atoms with Gasteiger partial charge in [0, 0.05) is 16.0 Å². The number of aryl methyl sites for hydroxylation is 3. The fourth-order valence-corrected chi connectivity index (χ4v) is 8.66. The van der Waals surface area contributed by atoms with Crippen LogP contribution < -0.4 is 4.74 Å². The van der Waals surface area contributed by atoms with Crippen LogP contribution in [0.1, 0.15) is 73.5 Å². The minimum atomic E-state index is -2.49. The van der Waals surface area contributed by atoms with Crippen molar-refractivity contribution in [3.05, 3.63) is 199 Å². The third-order valence-corrected chi connectivity index (χ3v) is 12.1. The van der Waals surface area contributed by atoms with E-state index >= 15 is 0 Å². The molecule has 0 aliphatic carbocycles. The van der Waals surface area contributed by atoms with Gasteiger partial charge in [0.25, 0.3) is 0 Å². The largest absolute Gasteiger partial charge is 2.00 e. The first-order chi connectivity index (χ1) is 31.9. The Bertz CT molecular complexity index is 3270. The number of hydrogen-bond donors (Lipinski definition) is 0. The van der Waals surface area contributed by atoms with Crippen molar-refractivity contribution < 1.29 is 29.9 Å². The molecule has 4 nitrogen and oxygen atoms in total. The van der Waals surface area contributed by atoms with Crippen LogP contribution in [-0.4, -0.2) is 14.5 Å². The van der Waals surface area contributed by atoms with E-state index in [1.165, 1.54) is 11.1 Å². The van der Waals surface area contributed by atoms with Crippen molar-refractivity contribution >= 4 is 11.0 Å². The molecule has 9 rings (SSSR count). The summed E-state index contributed by atoms with van der Waals surface area (Å²) in [5.41, 5.74) is 16.1. The maximum absolute atomic E-state index is 9.10. The molecule has 9 aromatic rings. The maximum Gasteiger partial charge on any atom is 2.00 e. The van der Waals surface area contributed by atoms with E-state index in [2.05, 4.69) is 128 Å². The smallest absolute Gasteiger partial charge is 0.665 e. The van der Waals surface area contributed by atoms with Gasteiger partial charge in [-0.15, -0.1) is 23.8 Å². The molecule has 2 heterocycles. The number of rotatable bonds is 8. The molecule has 65 heavy (non-hydrogen) atoms. The molecule has 0 N–H and O–H groups in total. The quantitative estimate of drug-likeness (QED) is 0.142. The summed E-state index contributed by atoms with van der Waals surface area (Å²) in [7, 11) is 3.87. The van der Waals surface area contributed by atoms with Gasteiger partial charge >= 0.3 is 21.1 Å². The van der Waals surface area contributed by atoms with Gasteiger partial charge in [0.2, 0.25) is 0 Å². The molecule has 0 saturated heterocycles. The van der Waals surface area contributed by atoms with Gasteiger partial charge in [-0.2, -0.15) is 7.11 Å². The van der Waals surface area contributed by atoms with Crippen LogP contribution in [0.15, 0.2) is 158 Å². The molecule has 0 fully saturated rings. The maximum atomic E-state index is 9.10. The third-order valence-electron chi connectivity index (χ3n) is 12.1. The average molecular weight is 1030 g/mol. The van der Waals surface area contributed by atoms with E-state index in [0.29, 0.717) is 28.3 Å². The second-order valence-electron chi connectivity index (χ2n) is 18.9. The standard InChI is InChI=1S/C60H55N3O.Pt/c1-38-28-40(3)57(64-10)52(29-38)58-62-56-51(47-31-45(42-20-15-12-16-21-42)32-48(33-47)53-36-44(26-27-61-53)41-18-13-11-14-19-41)22-17-23-55(56)63(58)54-25-24-43(30-39(54)2)46-34-49(59(4,5)6)37-50(35-46)60(7,8)9;/h11-32,34-37H,10H2,1-9H3;/q-2;+2/i2D3;. The number of pyridine rings is 1. The fourth-order valence-electron chi connectivity index (χ4n) is 8.66. The van der Waals surface area contributed by atoms with Crippen LogP contribution in [0, 0.1) is 33.9 Å². The van der Waals surface area contributed by atoms with Gasteiger partial charge in [0.1, 0.15) is 5.82 Å². The number of ether oxygens (including phenoxy) is 1. The zero-order chi connectivity index (χ0) is 47.4. The van der Waals surface area contributed by atoms with Crippen LogP contribution in [0.5, 0.6) is 5.75 Å². The van der Waals surface area contributed by atoms with E-state index in [9.17, 15) is 0 Å². The molecule has 326 valence electrons. The van der Waals surface area contributed by atoms with Gasteiger partial charge in [0.05, 0.1) is 28.0 Å². The van der Waals surface area contributed by atoms with Gasteiger partial charge in [-0.25, -0.2) is 4.98 Å². The number of fused-ring (bicyclic) bond motifs is 1. The molecule has 0 aliphatic rings. The Hall–Kier alpha value is -6.35. The van der Waals surface area contributed by atoms with E-state index in [-0.39, 0.29) is 37.5 Å². The van der Waals surface area contributed by atoms with Gasteiger partial charge in [-0.05, 0) is 117 Å². The van der Waals surface area contributed by atoms with Crippen molar-refractivity contribution in [1.29, 1.82) is 0 Å². The minimum Gasteiger partial charge on any atom is -0.665 e. The Morgan fingerprint density at radius 1 is 0.585 bits per heavy atom. The molecular weight excluding hydrogens is 974 g/mol. The number of para-hydroxylation sites is 1. The van der Waals surface area contributed by atoms with Crippen molar-refractivity contribution in [3.63, 3.8) is 0 Å². The Labute approximate surface area is 403 Å². The van der Waals surface area contributed by atoms with Crippen LogP contribution in [0.2, 0.25) is 0 Å². The summed E-state index contributed by atoms with van der Waals surface area (Å²) in [5, 5.41) is 0. The first-order valence-corrected chi connectivity index (χ1v) is 21.9. The summed E-state index contributed by atoms with van der Waals surface area (Å²) >= 11 is 0. The summed E-state index contributed by atoms with van der Waals surface area (Å²) in [6, 6.07) is 55.5. The normalized spacial score (nSPS) is 12.6. The van der Waals surface area contributed by atoms with Crippen molar-refractivity contribution in [3.8, 4) is 78.6 Å². The average Bonchev–Trinajstić information content (AvgIpc) is 3.70. The molecule has 0 bridgehead atoms. The predicted molar refractivity (Wildman–Crippen MR) is 268 cm³/mol. The Balaban J connectivity index is 0.00000625. The predicted octanol–water partition coefficient (Wildman–Crippen LogP) is 15.9. The summed E-state index contributed by atoms with van der Waals surface area (Å²) in [5.74, 6) is 1.10. The second kappa shape index (κ2) is 17.9. The molecule has 0 unspecified atom stereocenters. The summed E-state index contributed by atoms with van der Waals surface area (Å²) in [4.78, 5) is 10.4. The molecule has 0 aliphatic heterocycles. The van der Waals surface area contributed by atoms with Gasteiger partial charge < -0.3 is 4.74 Å². The van der Waals surface area contributed by atoms with Gasteiger partial charge in [0.15, 0.2) is 0 Å². The Kier molecular flexibility index (Phi) is 11.4. The molecule has 2 aromatic heterocycles. The SMILES string of the molecule is [2H]C([2H])([2H])c1cc(-c2cc(C(C)(C)C)cc(C(C)(C)C)c2)ccc1-n1c(-c2cc(C)cc(C)c2O[CH2-])nc2c(-c3[c-]c(-c4cc(-c5ccccc5)ccn4)cc(-c4ccccc4)c3)cccc21.[Pt+2]. The Morgan fingerprint density at radius 3 is 1.86 bits per heavy atom.